The third-order valence-corrected chi connectivity index (χ3v) is 3.91. The van der Waals surface area contributed by atoms with E-state index in [1.54, 1.807) is 10.6 Å². The van der Waals surface area contributed by atoms with Crippen molar-refractivity contribution in [2.45, 2.75) is 25.8 Å². The maximum Gasteiger partial charge on any atom is 0.292 e. The largest absolute Gasteiger partial charge is 0.488 e. The summed E-state index contributed by atoms with van der Waals surface area (Å²) in [6.45, 7) is 4.47. The number of pyridine rings is 1. The summed E-state index contributed by atoms with van der Waals surface area (Å²) in [4.78, 5) is 14.5. The quantitative estimate of drug-likeness (QED) is 0.767. The molecule has 0 aromatic carbocycles. The minimum absolute atomic E-state index is 0.000820. The zero-order chi connectivity index (χ0) is 15.1. The van der Waals surface area contributed by atoms with Gasteiger partial charge in [0, 0.05) is 19.3 Å². The topological polar surface area (TPSA) is 46.5 Å². The van der Waals surface area contributed by atoms with Gasteiger partial charge in [0.2, 0.25) is 0 Å². The molecular formula is C16H27N3O2. The van der Waals surface area contributed by atoms with E-state index in [9.17, 15) is 4.79 Å². The van der Waals surface area contributed by atoms with Crippen LogP contribution >= 0.6 is 0 Å². The minimum Gasteiger partial charge on any atom is -0.488 e. The first-order valence-electron chi connectivity index (χ1n) is 7.84. The van der Waals surface area contributed by atoms with Crippen molar-refractivity contribution in [1.29, 1.82) is 0 Å². The standard InChI is InChI=1S/C16H27N3O2/c1-18(2)10-4-12-21-15-5-3-11-19(16(15)20)13-14-6-8-17-9-7-14/h3,5,11,14,17H,4,6-10,12-13H2,1-2H3. The van der Waals surface area contributed by atoms with Crippen LogP contribution in [0.4, 0.5) is 0 Å². The SMILES string of the molecule is CN(C)CCCOc1cccn(CC2CCNCC2)c1=O. The normalized spacial score (nSPS) is 16.3. The molecule has 118 valence electrons. The van der Waals surface area contributed by atoms with Crippen LogP contribution in [0, 0.1) is 5.92 Å². The Bertz CT molecular complexity index is 479. The molecule has 0 amide bonds. The lowest BCUT2D eigenvalue weighted by Gasteiger charge is -2.23. The molecule has 5 heteroatoms. The van der Waals surface area contributed by atoms with Gasteiger partial charge in [0.15, 0.2) is 5.75 Å². The molecule has 0 bridgehead atoms. The molecule has 5 nitrogen and oxygen atoms in total. The summed E-state index contributed by atoms with van der Waals surface area (Å²) in [5.41, 5.74) is 0.000820. The molecule has 1 aromatic heterocycles. The molecule has 1 aromatic rings. The Hall–Kier alpha value is -1.33. The summed E-state index contributed by atoms with van der Waals surface area (Å²) in [6, 6.07) is 3.68. The van der Waals surface area contributed by atoms with Crippen LogP contribution in [0.25, 0.3) is 0 Å². The van der Waals surface area contributed by atoms with E-state index in [1.807, 2.05) is 26.4 Å². The van der Waals surface area contributed by atoms with Crippen LogP contribution < -0.4 is 15.6 Å². The number of rotatable bonds is 7. The minimum atomic E-state index is 0.000820. The van der Waals surface area contributed by atoms with Gasteiger partial charge in [0.05, 0.1) is 6.61 Å². The van der Waals surface area contributed by atoms with E-state index in [0.29, 0.717) is 18.3 Å². The van der Waals surface area contributed by atoms with Gasteiger partial charge in [-0.1, -0.05) is 0 Å². The molecule has 1 aliphatic heterocycles. The number of piperidine rings is 1. The molecule has 1 N–H and O–H groups in total. The van der Waals surface area contributed by atoms with Gasteiger partial charge in [-0.3, -0.25) is 4.79 Å². The maximum absolute atomic E-state index is 12.4. The predicted octanol–water partition coefficient (Wildman–Crippen LogP) is 1.18. The summed E-state index contributed by atoms with van der Waals surface area (Å²) >= 11 is 0. The van der Waals surface area contributed by atoms with Crippen molar-refractivity contribution in [3.63, 3.8) is 0 Å². The highest BCUT2D eigenvalue weighted by Gasteiger charge is 2.15. The van der Waals surface area contributed by atoms with Crippen molar-refractivity contribution >= 4 is 0 Å². The van der Waals surface area contributed by atoms with Gasteiger partial charge in [0.25, 0.3) is 5.56 Å². The molecule has 1 fully saturated rings. The van der Waals surface area contributed by atoms with E-state index in [0.717, 1.165) is 45.4 Å². The third-order valence-electron chi connectivity index (χ3n) is 3.91. The Kier molecular flexibility index (Phi) is 6.26. The molecule has 0 aliphatic carbocycles. The Morgan fingerprint density at radius 2 is 2.14 bits per heavy atom. The average Bonchev–Trinajstić information content (AvgIpc) is 2.48. The number of nitrogens with one attached hydrogen (secondary N) is 1. The van der Waals surface area contributed by atoms with E-state index in [4.69, 9.17) is 4.74 Å². The molecule has 1 saturated heterocycles. The van der Waals surface area contributed by atoms with E-state index >= 15 is 0 Å². The second kappa shape index (κ2) is 8.20. The van der Waals surface area contributed by atoms with Crippen LogP contribution in [0.5, 0.6) is 5.75 Å². The van der Waals surface area contributed by atoms with E-state index in [1.165, 1.54) is 0 Å². The lowest BCUT2D eigenvalue weighted by molar-refractivity contribution is 0.273. The molecule has 1 aliphatic rings. The molecule has 2 rings (SSSR count). The smallest absolute Gasteiger partial charge is 0.292 e. The first-order valence-corrected chi connectivity index (χ1v) is 7.84. The summed E-state index contributed by atoms with van der Waals surface area (Å²) in [5, 5.41) is 3.35. The highest BCUT2D eigenvalue weighted by Crippen LogP contribution is 2.14. The summed E-state index contributed by atoms with van der Waals surface area (Å²) in [5.74, 6) is 1.07. The maximum atomic E-state index is 12.4. The van der Waals surface area contributed by atoms with Crippen molar-refractivity contribution in [3.05, 3.63) is 28.7 Å². The monoisotopic (exact) mass is 293 g/mol. The highest BCUT2D eigenvalue weighted by atomic mass is 16.5. The molecule has 21 heavy (non-hydrogen) atoms. The number of aromatic nitrogens is 1. The van der Waals surface area contributed by atoms with Gasteiger partial charge in [-0.15, -0.1) is 0 Å². The molecule has 0 atom stereocenters. The first kappa shape index (κ1) is 16.0. The Morgan fingerprint density at radius 1 is 1.38 bits per heavy atom. The fourth-order valence-corrected chi connectivity index (χ4v) is 2.67. The van der Waals surface area contributed by atoms with Gasteiger partial charge < -0.3 is 19.5 Å². The van der Waals surface area contributed by atoms with Crippen molar-refractivity contribution in [2.75, 3.05) is 40.3 Å². The van der Waals surface area contributed by atoms with Crippen LogP contribution in [0.1, 0.15) is 19.3 Å². The summed E-state index contributed by atoms with van der Waals surface area (Å²) in [7, 11) is 4.07. The Balaban J connectivity index is 1.90. The second-order valence-corrected chi connectivity index (χ2v) is 6.03. The number of hydrogen-bond donors (Lipinski definition) is 1. The number of hydrogen-bond acceptors (Lipinski definition) is 4. The van der Waals surface area contributed by atoms with Crippen molar-refractivity contribution in [2.24, 2.45) is 5.92 Å². The third kappa shape index (κ3) is 5.17. The zero-order valence-electron chi connectivity index (χ0n) is 13.2. The van der Waals surface area contributed by atoms with Crippen LogP contribution in [-0.2, 0) is 6.54 Å². The van der Waals surface area contributed by atoms with E-state index in [2.05, 4.69) is 10.2 Å². The fourth-order valence-electron chi connectivity index (χ4n) is 2.67. The van der Waals surface area contributed by atoms with Crippen molar-refractivity contribution < 1.29 is 4.74 Å². The van der Waals surface area contributed by atoms with Crippen LogP contribution in [0.2, 0.25) is 0 Å². The number of nitrogens with zero attached hydrogens (tertiary/aromatic N) is 2. The van der Waals surface area contributed by atoms with Crippen molar-refractivity contribution in [1.82, 2.24) is 14.8 Å². The van der Waals surface area contributed by atoms with Crippen LogP contribution in [0.15, 0.2) is 23.1 Å². The molecular weight excluding hydrogens is 266 g/mol. The molecule has 0 spiro atoms. The van der Waals surface area contributed by atoms with Gasteiger partial charge in [0.1, 0.15) is 0 Å². The van der Waals surface area contributed by atoms with E-state index in [-0.39, 0.29) is 5.56 Å². The second-order valence-electron chi connectivity index (χ2n) is 6.03. The highest BCUT2D eigenvalue weighted by molar-refractivity contribution is 5.17. The predicted molar refractivity (Wildman–Crippen MR) is 85.0 cm³/mol. The lowest BCUT2D eigenvalue weighted by Crippen LogP contribution is -2.32. The Morgan fingerprint density at radius 3 is 2.86 bits per heavy atom. The first-order chi connectivity index (χ1) is 10.2. The van der Waals surface area contributed by atoms with Gasteiger partial charge in [-0.05, 0) is 64.5 Å². The zero-order valence-corrected chi connectivity index (χ0v) is 13.2. The van der Waals surface area contributed by atoms with Gasteiger partial charge >= 0.3 is 0 Å². The molecule has 2 heterocycles. The van der Waals surface area contributed by atoms with Crippen LogP contribution in [-0.4, -0.2) is 49.8 Å². The molecule has 0 saturated carbocycles. The lowest BCUT2D eigenvalue weighted by atomic mass is 9.98. The van der Waals surface area contributed by atoms with Gasteiger partial charge in [-0.25, -0.2) is 0 Å². The Labute approximate surface area is 126 Å². The summed E-state index contributed by atoms with van der Waals surface area (Å²) in [6.07, 6.45) is 5.08. The summed E-state index contributed by atoms with van der Waals surface area (Å²) < 4.78 is 7.45. The van der Waals surface area contributed by atoms with E-state index < -0.39 is 0 Å². The average molecular weight is 293 g/mol. The van der Waals surface area contributed by atoms with Crippen LogP contribution in [0.3, 0.4) is 0 Å². The van der Waals surface area contributed by atoms with Crippen molar-refractivity contribution in [3.8, 4) is 5.75 Å². The molecule has 0 unspecified atom stereocenters. The molecule has 0 radical (unpaired) electrons. The number of ether oxygens (including phenoxy) is 1. The fraction of sp³-hybridized carbons (Fsp3) is 0.688. The van der Waals surface area contributed by atoms with Gasteiger partial charge in [-0.2, -0.15) is 0 Å².